The van der Waals surface area contributed by atoms with Crippen molar-refractivity contribution in [3.63, 3.8) is 0 Å². The molecule has 0 aromatic carbocycles. The number of hydrogen-bond acceptors (Lipinski definition) is 5. The summed E-state index contributed by atoms with van der Waals surface area (Å²) in [5.74, 6) is 0. The summed E-state index contributed by atoms with van der Waals surface area (Å²) in [5, 5.41) is 29.3. The van der Waals surface area contributed by atoms with Crippen LogP contribution in [0, 0.1) is 0 Å². The van der Waals surface area contributed by atoms with Crippen molar-refractivity contribution in [3.05, 3.63) is 0 Å². The summed E-state index contributed by atoms with van der Waals surface area (Å²) < 4.78 is 0. The van der Waals surface area contributed by atoms with Crippen LogP contribution in [0.4, 0.5) is 0 Å². The molecule has 0 aliphatic rings. The monoisotopic (exact) mass is 123 g/mol. The summed E-state index contributed by atoms with van der Waals surface area (Å²) in [6.07, 6.45) is 0. The molecule has 0 unspecified atom stereocenters. The number of aliphatic hydroxyl groups excluding tert-OH is 1. The topological polar surface area (TPSA) is 107 Å². The molecule has 0 heterocycles. The Morgan fingerprint density at radius 2 is 1.38 bits per heavy atom. The molecule has 6 heteroatoms. The summed E-state index contributed by atoms with van der Waals surface area (Å²) in [4.78, 5) is 0. The third kappa shape index (κ3) is 186. The van der Waals surface area contributed by atoms with Crippen LogP contribution in [0.25, 0.3) is 0 Å². The first kappa shape index (κ1) is 10.8. The number of aliphatic hydroxyl groups is 1. The van der Waals surface area contributed by atoms with Gasteiger partial charge in [0.15, 0.2) is 0 Å². The average molecular weight is 123 g/mol. The second kappa shape index (κ2) is 9.98. The van der Waals surface area contributed by atoms with Gasteiger partial charge in [0.25, 0.3) is 0 Å². The Kier molecular flexibility index (Phi) is 13.4. The molecule has 5 nitrogen and oxygen atoms in total. The van der Waals surface area contributed by atoms with Crippen molar-refractivity contribution in [2.24, 2.45) is 5.73 Å². The lowest BCUT2D eigenvalue weighted by molar-refractivity contribution is 0.278. The molecular formula is C2H10BNO4. The summed E-state index contributed by atoms with van der Waals surface area (Å²) in [6.45, 7) is 0.472. The molecule has 50 valence electrons. The van der Waals surface area contributed by atoms with E-state index in [4.69, 9.17) is 25.9 Å². The summed E-state index contributed by atoms with van der Waals surface area (Å²) in [6, 6.07) is 0. The van der Waals surface area contributed by atoms with Gasteiger partial charge >= 0.3 is 7.32 Å². The van der Waals surface area contributed by atoms with Crippen LogP contribution in [-0.4, -0.2) is 40.7 Å². The Morgan fingerprint density at radius 3 is 1.38 bits per heavy atom. The summed E-state index contributed by atoms with van der Waals surface area (Å²) in [5.41, 5.74) is 4.78. The van der Waals surface area contributed by atoms with Crippen LogP contribution in [-0.2, 0) is 0 Å². The first-order valence-corrected chi connectivity index (χ1v) is 2.00. The van der Waals surface area contributed by atoms with Crippen LogP contribution in [0.1, 0.15) is 0 Å². The minimum absolute atomic E-state index is 0.0972. The standard InChI is InChI=1S/C2H7NO.BH3O3/c3-1-2-4;2-1(3)4/h4H,1-3H2;2-4H. The van der Waals surface area contributed by atoms with Crippen LogP contribution in [0.2, 0.25) is 0 Å². The molecule has 0 aromatic rings. The molecule has 0 amide bonds. The van der Waals surface area contributed by atoms with E-state index in [-0.39, 0.29) is 6.61 Å². The number of nitrogens with two attached hydrogens (primary N) is 1. The Labute approximate surface area is 47.6 Å². The lowest BCUT2D eigenvalue weighted by Gasteiger charge is -1.71. The fourth-order valence-electron chi connectivity index (χ4n) is 0. The van der Waals surface area contributed by atoms with Crippen molar-refractivity contribution in [3.8, 4) is 0 Å². The Balaban J connectivity index is 0. The second-order valence-corrected chi connectivity index (χ2v) is 0.859. The van der Waals surface area contributed by atoms with E-state index in [2.05, 4.69) is 0 Å². The Bertz CT molecular complexity index is 30.5. The highest BCUT2D eigenvalue weighted by Crippen LogP contribution is 1.40. The molecular weight excluding hydrogens is 113 g/mol. The fraction of sp³-hybridized carbons (Fsp3) is 1.00. The van der Waals surface area contributed by atoms with E-state index in [0.717, 1.165) is 0 Å². The molecule has 8 heavy (non-hydrogen) atoms. The third-order valence-electron chi connectivity index (χ3n) is 0.129. The highest BCUT2D eigenvalue weighted by atomic mass is 16.5. The van der Waals surface area contributed by atoms with E-state index < -0.39 is 7.32 Å². The van der Waals surface area contributed by atoms with Gasteiger partial charge in [-0.1, -0.05) is 0 Å². The van der Waals surface area contributed by atoms with Crippen LogP contribution in [0.3, 0.4) is 0 Å². The molecule has 0 aliphatic carbocycles. The Hall–Kier alpha value is -0.135. The molecule has 0 atom stereocenters. The van der Waals surface area contributed by atoms with Gasteiger partial charge in [-0.3, -0.25) is 0 Å². The highest BCUT2D eigenvalue weighted by molar-refractivity contribution is 6.30. The quantitative estimate of drug-likeness (QED) is 0.237. The predicted octanol–water partition coefficient (Wildman–Crippen LogP) is -3.11. The van der Waals surface area contributed by atoms with Gasteiger partial charge in [-0.05, 0) is 0 Å². The van der Waals surface area contributed by atoms with Crippen LogP contribution in [0.5, 0.6) is 0 Å². The van der Waals surface area contributed by atoms with E-state index in [1.807, 2.05) is 0 Å². The predicted molar refractivity (Wildman–Crippen MR) is 28.6 cm³/mol. The SMILES string of the molecule is NCCO.OB(O)O. The maximum atomic E-state index is 7.75. The van der Waals surface area contributed by atoms with Crippen molar-refractivity contribution in [2.75, 3.05) is 13.2 Å². The van der Waals surface area contributed by atoms with E-state index in [1.54, 1.807) is 0 Å². The van der Waals surface area contributed by atoms with Crippen molar-refractivity contribution < 1.29 is 20.2 Å². The molecule has 0 bridgehead atoms. The van der Waals surface area contributed by atoms with Gasteiger partial charge in [0.1, 0.15) is 0 Å². The molecule has 0 spiro atoms. The lowest BCUT2D eigenvalue weighted by Crippen LogP contribution is -2.07. The average Bonchev–Trinajstić information content (AvgIpc) is 1.65. The fourth-order valence-corrected chi connectivity index (χ4v) is 0. The van der Waals surface area contributed by atoms with E-state index in [1.165, 1.54) is 0 Å². The van der Waals surface area contributed by atoms with E-state index in [0.29, 0.717) is 6.54 Å². The summed E-state index contributed by atoms with van der Waals surface area (Å²) >= 11 is 0. The van der Waals surface area contributed by atoms with Crippen molar-refractivity contribution in [1.82, 2.24) is 0 Å². The van der Waals surface area contributed by atoms with Crippen molar-refractivity contribution in [1.29, 1.82) is 0 Å². The van der Waals surface area contributed by atoms with Crippen molar-refractivity contribution >= 4 is 7.32 Å². The Morgan fingerprint density at radius 1 is 1.25 bits per heavy atom. The van der Waals surface area contributed by atoms with Gasteiger partial charge in [-0.2, -0.15) is 0 Å². The number of rotatable bonds is 1. The second-order valence-electron chi connectivity index (χ2n) is 0.859. The zero-order valence-electron chi connectivity index (χ0n) is 4.36. The minimum atomic E-state index is -2.17. The smallest absolute Gasteiger partial charge is 0.402 e. The first-order valence-electron chi connectivity index (χ1n) is 2.00. The van der Waals surface area contributed by atoms with Crippen LogP contribution in [0.15, 0.2) is 0 Å². The van der Waals surface area contributed by atoms with E-state index >= 15 is 0 Å². The summed E-state index contributed by atoms with van der Waals surface area (Å²) in [7, 11) is -2.17. The zero-order valence-corrected chi connectivity index (χ0v) is 4.36. The largest absolute Gasteiger partial charge is 0.631 e. The molecule has 0 fully saturated rings. The van der Waals surface area contributed by atoms with E-state index in [9.17, 15) is 0 Å². The van der Waals surface area contributed by atoms with Gasteiger partial charge in [-0.15, -0.1) is 0 Å². The zero-order chi connectivity index (χ0) is 6.99. The van der Waals surface area contributed by atoms with Gasteiger partial charge in [-0.25, -0.2) is 0 Å². The maximum absolute atomic E-state index is 7.75. The van der Waals surface area contributed by atoms with Crippen molar-refractivity contribution in [2.45, 2.75) is 0 Å². The number of hydrogen-bond donors (Lipinski definition) is 5. The molecule has 0 saturated carbocycles. The molecule has 0 saturated heterocycles. The van der Waals surface area contributed by atoms with Gasteiger partial charge in [0, 0.05) is 6.54 Å². The van der Waals surface area contributed by atoms with Gasteiger partial charge in [0.2, 0.25) is 0 Å². The first-order chi connectivity index (χ1) is 3.65. The maximum Gasteiger partial charge on any atom is 0.631 e. The van der Waals surface area contributed by atoms with Crippen LogP contribution >= 0.6 is 0 Å². The molecule has 6 N–H and O–H groups in total. The molecule has 0 aliphatic heterocycles. The van der Waals surface area contributed by atoms with Gasteiger partial charge in [0.05, 0.1) is 6.61 Å². The normalized spacial score (nSPS) is 7.12. The minimum Gasteiger partial charge on any atom is -0.402 e. The third-order valence-corrected chi connectivity index (χ3v) is 0.129. The van der Waals surface area contributed by atoms with Crippen LogP contribution < -0.4 is 5.73 Å². The lowest BCUT2D eigenvalue weighted by atomic mass is 10.3. The van der Waals surface area contributed by atoms with Gasteiger partial charge < -0.3 is 25.9 Å². The molecule has 0 rings (SSSR count). The molecule has 0 radical (unpaired) electrons. The molecule has 0 aromatic heterocycles. The highest BCUT2D eigenvalue weighted by Gasteiger charge is 1.92.